The molecule has 2 fully saturated rings. The maximum atomic E-state index is 14.3. The molecule has 28 nitrogen and oxygen atoms in total. The standard InChI is InChI=1S/C45H49FN10O18P2/c46-27-11-6-25(7-12-27)18-33(57)52-28-13-8-26(9-14-28)19-68-45(62)53-29(15-10-24-4-2-1-3-5-24)43(60)73-37-30(71-42(35(37)58)56-23-51-34-39(48)49-22-50-40(34)56)21-70-76(66,67)74-38-31(20-69-75(63,64)65)72-41(36(38)59)55-17-16-32(47)54-44(55)61/h1-9,11-14,16-17,22-23,29-31,35-38,41-42,58-59H,10,15,18-21H2,(H,52,57)(H,53,62)(H,66,67)(H2,47,54,61)(H2,48,49,50)(H2,63,64,65)/t29-,30-,31-,35-,36-,37-,38-,41-,42-/m1/s1. The fourth-order valence-electron chi connectivity index (χ4n) is 8.07. The predicted molar refractivity (Wildman–Crippen MR) is 258 cm³/mol. The van der Waals surface area contributed by atoms with Crippen LogP contribution in [0.1, 0.15) is 35.6 Å². The number of imidazole rings is 1. The number of phosphoric ester groups is 2. The number of rotatable bonds is 21. The van der Waals surface area contributed by atoms with Gasteiger partial charge in [0.2, 0.25) is 5.91 Å². The van der Waals surface area contributed by atoms with Gasteiger partial charge in [-0.25, -0.2) is 42.9 Å². The number of hydrogen-bond acceptors (Lipinski definition) is 21. The van der Waals surface area contributed by atoms with Crippen molar-refractivity contribution in [2.45, 2.75) is 81.0 Å². The topological polar surface area (TPSA) is 406 Å². The summed E-state index contributed by atoms with van der Waals surface area (Å²) in [6.07, 6.45) is -11.9. The number of ether oxygens (including phenoxy) is 4. The lowest BCUT2D eigenvalue weighted by Gasteiger charge is -2.26. The van der Waals surface area contributed by atoms with E-state index in [9.17, 15) is 57.6 Å². The van der Waals surface area contributed by atoms with Crippen molar-refractivity contribution in [2.24, 2.45) is 0 Å². The second kappa shape index (κ2) is 23.8. The molecular formula is C45H49FN10O18P2. The maximum absolute atomic E-state index is 14.3. The fourth-order valence-corrected chi connectivity index (χ4v) is 9.38. The number of fused-ring (bicyclic) bond motifs is 1. The van der Waals surface area contributed by atoms with E-state index in [4.69, 9.17) is 39.5 Å². The van der Waals surface area contributed by atoms with Crippen LogP contribution in [-0.2, 0) is 70.7 Å². The predicted octanol–water partition coefficient (Wildman–Crippen LogP) is 1.54. The maximum Gasteiger partial charge on any atom is 0.472 e. The highest BCUT2D eigenvalue weighted by molar-refractivity contribution is 7.47. The van der Waals surface area contributed by atoms with Crippen LogP contribution < -0.4 is 27.8 Å². The van der Waals surface area contributed by atoms with Crippen molar-refractivity contribution in [1.82, 2.24) is 34.4 Å². The molecule has 2 amide bonds. The minimum Gasteiger partial charge on any atom is -0.455 e. The third-order valence-electron chi connectivity index (χ3n) is 11.7. The zero-order chi connectivity index (χ0) is 54.3. The largest absolute Gasteiger partial charge is 0.472 e. The number of anilines is 3. The molecule has 3 aromatic heterocycles. The number of nitrogens with zero attached hydrogens (tertiary/aromatic N) is 6. The van der Waals surface area contributed by atoms with Crippen LogP contribution in [-0.4, -0.2) is 128 Å². The number of carbonyl (C=O) groups is 3. The van der Waals surface area contributed by atoms with Crippen molar-refractivity contribution in [1.29, 1.82) is 0 Å². The normalized spacial score (nSPS) is 22.7. The number of nitrogens with two attached hydrogens (primary N) is 2. The summed E-state index contributed by atoms with van der Waals surface area (Å²) >= 11 is 0. The van der Waals surface area contributed by atoms with Gasteiger partial charge in [-0.2, -0.15) is 4.98 Å². The van der Waals surface area contributed by atoms with E-state index in [1.165, 1.54) is 35.2 Å². The van der Waals surface area contributed by atoms with Crippen molar-refractivity contribution >= 4 is 62.1 Å². The van der Waals surface area contributed by atoms with Gasteiger partial charge in [-0.05, 0) is 59.9 Å². The van der Waals surface area contributed by atoms with Gasteiger partial charge in [0.25, 0.3) is 0 Å². The van der Waals surface area contributed by atoms with Crippen LogP contribution in [0.25, 0.3) is 11.2 Å². The average molecular weight is 1100 g/mol. The lowest BCUT2D eigenvalue weighted by Crippen LogP contribution is -2.47. The third kappa shape index (κ3) is 14.0. The number of alkyl carbamates (subject to hydrolysis) is 1. The number of aromatic nitrogens is 6. The molecule has 1 unspecified atom stereocenters. The molecule has 0 bridgehead atoms. The summed E-state index contributed by atoms with van der Waals surface area (Å²) in [7, 11) is -10.7. The van der Waals surface area contributed by atoms with Gasteiger partial charge in [0.15, 0.2) is 30.0 Å². The first-order valence-electron chi connectivity index (χ1n) is 22.8. The van der Waals surface area contributed by atoms with E-state index in [1.807, 2.05) is 0 Å². The quantitative estimate of drug-likeness (QED) is 0.0364. The Labute approximate surface area is 428 Å². The average Bonchev–Trinajstić information content (AvgIpc) is 4.05. The molecule has 0 spiro atoms. The van der Waals surface area contributed by atoms with E-state index >= 15 is 0 Å². The van der Waals surface area contributed by atoms with Crippen LogP contribution in [0.5, 0.6) is 0 Å². The monoisotopic (exact) mass is 1100 g/mol. The van der Waals surface area contributed by atoms with E-state index in [1.54, 1.807) is 54.6 Å². The Morgan fingerprint density at radius 2 is 1.46 bits per heavy atom. The lowest BCUT2D eigenvalue weighted by molar-refractivity contribution is -0.159. The van der Waals surface area contributed by atoms with Gasteiger partial charge >= 0.3 is 33.4 Å². The minimum atomic E-state index is -5.49. The van der Waals surface area contributed by atoms with E-state index in [0.717, 1.165) is 28.7 Å². The second-order valence-electron chi connectivity index (χ2n) is 17.1. The molecule has 2 aliphatic rings. The molecule has 11 N–H and O–H groups in total. The van der Waals surface area contributed by atoms with Gasteiger partial charge in [-0.15, -0.1) is 0 Å². The molecular weight excluding hydrogens is 1050 g/mol. The van der Waals surface area contributed by atoms with Crippen molar-refractivity contribution in [3.05, 3.63) is 137 Å². The minimum absolute atomic E-state index is 0.00217. The Kier molecular flexibility index (Phi) is 17.3. The lowest BCUT2D eigenvalue weighted by atomic mass is 10.0. The van der Waals surface area contributed by atoms with Crippen LogP contribution in [0.4, 0.5) is 26.5 Å². The first-order valence-corrected chi connectivity index (χ1v) is 25.8. The molecule has 76 heavy (non-hydrogen) atoms. The van der Waals surface area contributed by atoms with Crippen LogP contribution in [0, 0.1) is 5.82 Å². The molecule has 0 saturated carbocycles. The molecule has 2 aliphatic heterocycles. The van der Waals surface area contributed by atoms with E-state index in [-0.39, 0.29) is 54.6 Å². The van der Waals surface area contributed by atoms with Gasteiger partial charge < -0.3 is 65.9 Å². The molecule has 404 valence electrons. The zero-order valence-electron chi connectivity index (χ0n) is 39.4. The van der Waals surface area contributed by atoms with Gasteiger partial charge in [0, 0.05) is 11.9 Å². The highest BCUT2D eigenvalue weighted by Crippen LogP contribution is 2.50. The number of benzene rings is 3. The molecule has 8 rings (SSSR count). The number of aliphatic hydroxyl groups excluding tert-OH is 2. The number of carbonyl (C=O) groups excluding carboxylic acids is 3. The number of esters is 1. The fraction of sp³-hybridized carbons (Fsp3) is 0.333. The second-order valence-corrected chi connectivity index (χ2v) is 19.7. The van der Waals surface area contributed by atoms with Crippen LogP contribution >= 0.6 is 15.6 Å². The molecule has 0 radical (unpaired) electrons. The Balaban J connectivity index is 0.976. The first-order chi connectivity index (χ1) is 36.2. The molecule has 5 heterocycles. The number of nitrogen functional groups attached to an aromatic ring is 2. The van der Waals surface area contributed by atoms with E-state index in [2.05, 4.69) is 35.1 Å². The first kappa shape index (κ1) is 55.1. The van der Waals surface area contributed by atoms with Crippen molar-refractivity contribution < 1.29 is 85.3 Å². The Morgan fingerprint density at radius 1 is 0.803 bits per heavy atom. The highest BCUT2D eigenvalue weighted by atomic mass is 31.2. The molecule has 2 saturated heterocycles. The molecule has 6 aromatic rings. The molecule has 3 aromatic carbocycles. The number of hydrogen-bond donors (Lipinski definition) is 9. The summed E-state index contributed by atoms with van der Waals surface area (Å²) in [5.41, 5.74) is 13.0. The van der Waals surface area contributed by atoms with E-state index in [0.29, 0.717) is 16.8 Å². The number of halogens is 1. The summed E-state index contributed by atoms with van der Waals surface area (Å²) in [6, 6.07) is 20.4. The van der Waals surface area contributed by atoms with E-state index < -0.39 is 108 Å². The summed E-state index contributed by atoms with van der Waals surface area (Å²) in [5, 5.41) is 28.3. The number of nitrogens with one attached hydrogen (secondary N) is 2. The Morgan fingerprint density at radius 3 is 2.16 bits per heavy atom. The Bertz CT molecular complexity index is 3170. The number of aryl methyl sites for hydroxylation is 1. The highest BCUT2D eigenvalue weighted by Gasteiger charge is 2.52. The van der Waals surface area contributed by atoms with Crippen molar-refractivity contribution in [3.63, 3.8) is 0 Å². The van der Waals surface area contributed by atoms with Crippen molar-refractivity contribution in [3.8, 4) is 0 Å². The molecule has 10 atom stereocenters. The zero-order valence-corrected chi connectivity index (χ0v) is 41.2. The van der Waals surface area contributed by atoms with Crippen molar-refractivity contribution in [2.75, 3.05) is 30.0 Å². The molecule has 0 aliphatic carbocycles. The summed E-state index contributed by atoms with van der Waals surface area (Å²) < 4.78 is 78.7. The van der Waals surface area contributed by atoms with Gasteiger partial charge in [0.05, 0.1) is 26.0 Å². The van der Waals surface area contributed by atoms with Gasteiger partial charge in [0.1, 0.15) is 66.6 Å². The number of aliphatic hydroxyl groups is 2. The summed E-state index contributed by atoms with van der Waals surface area (Å²) in [6.45, 7) is -2.36. The smallest absolute Gasteiger partial charge is 0.455 e. The van der Waals surface area contributed by atoms with Gasteiger partial charge in [-0.1, -0.05) is 54.6 Å². The number of phosphoric acid groups is 2. The van der Waals surface area contributed by atoms with Crippen LogP contribution in [0.2, 0.25) is 0 Å². The SMILES string of the molecule is Nc1ccn([C@@H]2O[C@H](COP(=O)(O)O)[C@@H](OP(=O)(O)OC[C@H]3O[C@@H](n4cnc5c(N)ncnc54)[C@H](O)[C@@H]3OC(=O)[C@@H](CCc3ccccc3)NC(=O)OCc3ccc(NC(=O)Cc4ccc(F)cc4)cc3)[C@H]2O)c(=O)n1. The van der Waals surface area contributed by atoms with Crippen LogP contribution in [0.15, 0.2) is 109 Å². The van der Waals surface area contributed by atoms with Gasteiger partial charge in [-0.3, -0.25) is 27.5 Å². The summed E-state index contributed by atoms with van der Waals surface area (Å²) in [4.78, 5) is 98.5. The number of amides is 2. The third-order valence-corrected chi connectivity index (χ3v) is 13.2. The Hall–Kier alpha value is -7.11. The van der Waals surface area contributed by atoms with Crippen LogP contribution in [0.3, 0.4) is 0 Å². The molecule has 31 heteroatoms. The summed E-state index contributed by atoms with van der Waals surface area (Å²) in [5.74, 6) is -2.16.